The van der Waals surface area contributed by atoms with Crippen LogP contribution in [0, 0.1) is 0 Å². The molecule has 1 N–H and O–H groups in total. The number of hydrogen-bond donors (Lipinski definition) is 1. The van der Waals surface area contributed by atoms with E-state index in [1.807, 2.05) is 0 Å². The minimum Gasteiger partial charge on any atom is -0.478 e. The van der Waals surface area contributed by atoms with E-state index >= 15 is 0 Å². The van der Waals surface area contributed by atoms with E-state index in [0.717, 1.165) is 12.2 Å². The van der Waals surface area contributed by atoms with E-state index < -0.39 is 17.9 Å². The van der Waals surface area contributed by atoms with Gasteiger partial charge in [0.15, 0.2) is 0 Å². The molecular weight excluding hydrogens is 216 g/mol. The van der Waals surface area contributed by atoms with Crippen LogP contribution in [0.2, 0.25) is 0 Å². The average molecular weight is 228 g/mol. The molecule has 0 unspecified atom stereocenters. The van der Waals surface area contributed by atoms with Crippen LogP contribution in [0.1, 0.15) is 6.42 Å². The van der Waals surface area contributed by atoms with E-state index in [0.29, 0.717) is 12.5 Å². The molecule has 16 heavy (non-hydrogen) atoms. The highest BCUT2D eigenvalue weighted by Gasteiger charge is 1.99. The molecule has 0 radical (unpaired) electrons. The molecule has 6 nitrogen and oxygen atoms in total. The standard InChI is InChI=1S/C10H12O6/c1-2-9(13)15-6-3-7-16-10(14)5-4-8(11)12/h2,4-5H,1,3,6-7H2,(H,11,12)/b5-4-. The van der Waals surface area contributed by atoms with Gasteiger partial charge in [0, 0.05) is 24.6 Å². The fraction of sp³-hybridized carbons (Fsp3) is 0.300. The van der Waals surface area contributed by atoms with Crippen molar-refractivity contribution in [3.05, 3.63) is 24.8 Å². The molecule has 0 aromatic heterocycles. The molecule has 0 aliphatic heterocycles. The number of carbonyl (C=O) groups excluding carboxylic acids is 2. The lowest BCUT2D eigenvalue weighted by molar-refractivity contribution is -0.140. The normalized spacial score (nSPS) is 9.75. The first-order valence-corrected chi connectivity index (χ1v) is 4.43. The maximum Gasteiger partial charge on any atom is 0.331 e. The Balaban J connectivity index is 3.52. The fourth-order valence-electron chi connectivity index (χ4n) is 0.651. The molecule has 0 amide bonds. The van der Waals surface area contributed by atoms with Gasteiger partial charge in [0.25, 0.3) is 0 Å². The molecular formula is C10H12O6. The Morgan fingerprint density at radius 2 is 1.62 bits per heavy atom. The second kappa shape index (κ2) is 8.22. The minimum atomic E-state index is -1.23. The van der Waals surface area contributed by atoms with E-state index in [4.69, 9.17) is 5.11 Å². The number of hydrogen-bond acceptors (Lipinski definition) is 5. The van der Waals surface area contributed by atoms with Crippen LogP contribution in [-0.4, -0.2) is 36.2 Å². The zero-order valence-corrected chi connectivity index (χ0v) is 8.55. The minimum absolute atomic E-state index is 0.0488. The van der Waals surface area contributed by atoms with Gasteiger partial charge in [-0.1, -0.05) is 6.58 Å². The highest BCUT2D eigenvalue weighted by atomic mass is 16.5. The highest BCUT2D eigenvalue weighted by molar-refractivity contribution is 5.90. The quantitative estimate of drug-likeness (QED) is 0.382. The Labute approximate surface area is 92.2 Å². The molecule has 0 aliphatic carbocycles. The van der Waals surface area contributed by atoms with Crippen molar-refractivity contribution in [2.24, 2.45) is 0 Å². The number of ether oxygens (including phenoxy) is 2. The number of aliphatic carboxylic acids is 1. The van der Waals surface area contributed by atoms with Gasteiger partial charge in [0.05, 0.1) is 13.2 Å². The first kappa shape index (κ1) is 13.9. The highest BCUT2D eigenvalue weighted by Crippen LogP contribution is 1.89. The molecule has 0 bridgehead atoms. The molecule has 0 saturated carbocycles. The lowest BCUT2D eigenvalue weighted by Crippen LogP contribution is -2.08. The van der Waals surface area contributed by atoms with Crippen molar-refractivity contribution in [3.63, 3.8) is 0 Å². The van der Waals surface area contributed by atoms with Crippen molar-refractivity contribution >= 4 is 17.9 Å². The summed E-state index contributed by atoms with van der Waals surface area (Å²) in [6.45, 7) is 3.36. The first-order chi connectivity index (χ1) is 7.56. The molecule has 0 saturated heterocycles. The van der Waals surface area contributed by atoms with Crippen molar-refractivity contribution in [3.8, 4) is 0 Å². The Kier molecular flexibility index (Phi) is 7.14. The Hall–Kier alpha value is -2.11. The third kappa shape index (κ3) is 8.49. The molecule has 0 aromatic carbocycles. The topological polar surface area (TPSA) is 89.9 Å². The summed E-state index contributed by atoms with van der Waals surface area (Å²) in [5.74, 6) is -2.52. The molecule has 0 aromatic rings. The first-order valence-electron chi connectivity index (χ1n) is 4.43. The molecule has 88 valence electrons. The van der Waals surface area contributed by atoms with Crippen molar-refractivity contribution in [1.29, 1.82) is 0 Å². The smallest absolute Gasteiger partial charge is 0.331 e. The number of carbonyl (C=O) groups is 3. The van der Waals surface area contributed by atoms with Gasteiger partial charge in [-0.3, -0.25) is 0 Å². The van der Waals surface area contributed by atoms with Gasteiger partial charge in [0.1, 0.15) is 0 Å². The molecule has 0 heterocycles. The maximum absolute atomic E-state index is 10.8. The summed E-state index contributed by atoms with van der Waals surface area (Å²) in [4.78, 5) is 31.4. The van der Waals surface area contributed by atoms with E-state index in [9.17, 15) is 14.4 Å². The molecule has 0 fully saturated rings. The maximum atomic E-state index is 10.8. The third-order valence-corrected chi connectivity index (χ3v) is 1.31. The van der Waals surface area contributed by atoms with Gasteiger partial charge in [-0.2, -0.15) is 0 Å². The van der Waals surface area contributed by atoms with Gasteiger partial charge < -0.3 is 14.6 Å². The summed E-state index contributed by atoms with van der Waals surface area (Å²) < 4.78 is 9.21. The molecule has 0 spiro atoms. The van der Waals surface area contributed by atoms with Crippen molar-refractivity contribution < 1.29 is 29.0 Å². The second-order valence-electron chi connectivity index (χ2n) is 2.56. The van der Waals surface area contributed by atoms with Crippen LogP contribution >= 0.6 is 0 Å². The van der Waals surface area contributed by atoms with Crippen molar-refractivity contribution in [2.75, 3.05) is 13.2 Å². The van der Waals surface area contributed by atoms with Gasteiger partial charge in [-0.25, -0.2) is 14.4 Å². The summed E-state index contributed by atoms with van der Waals surface area (Å²) in [5, 5.41) is 8.20. The van der Waals surface area contributed by atoms with Crippen LogP contribution in [0.5, 0.6) is 0 Å². The summed E-state index contributed by atoms with van der Waals surface area (Å²) >= 11 is 0. The number of carboxylic acids is 1. The van der Waals surface area contributed by atoms with Gasteiger partial charge in [-0.05, 0) is 0 Å². The third-order valence-electron chi connectivity index (χ3n) is 1.31. The summed E-state index contributed by atoms with van der Waals surface area (Å²) in [6, 6.07) is 0. The van der Waals surface area contributed by atoms with Crippen LogP contribution in [0.15, 0.2) is 24.8 Å². The molecule has 6 heteroatoms. The summed E-state index contributed by atoms with van der Waals surface area (Å²) in [5.41, 5.74) is 0. The monoisotopic (exact) mass is 228 g/mol. The molecule has 0 rings (SSSR count). The van der Waals surface area contributed by atoms with Gasteiger partial charge in [-0.15, -0.1) is 0 Å². The van der Waals surface area contributed by atoms with Crippen LogP contribution in [0.4, 0.5) is 0 Å². The largest absolute Gasteiger partial charge is 0.478 e. The zero-order chi connectivity index (χ0) is 12.4. The number of carboxylic acid groups (broad SMARTS) is 1. The van der Waals surface area contributed by atoms with E-state index in [-0.39, 0.29) is 13.2 Å². The SMILES string of the molecule is C=CC(=O)OCCCOC(=O)/C=C\C(=O)O. The molecule has 0 aliphatic rings. The Morgan fingerprint density at radius 3 is 2.12 bits per heavy atom. The molecule has 0 atom stereocenters. The van der Waals surface area contributed by atoms with Crippen LogP contribution < -0.4 is 0 Å². The van der Waals surface area contributed by atoms with Crippen LogP contribution in [-0.2, 0) is 23.9 Å². The predicted octanol–water partition coefficient (Wildman–Crippen LogP) is 0.290. The lowest BCUT2D eigenvalue weighted by atomic mass is 10.4. The van der Waals surface area contributed by atoms with E-state index in [1.165, 1.54) is 0 Å². The Morgan fingerprint density at radius 1 is 1.06 bits per heavy atom. The van der Waals surface area contributed by atoms with Crippen LogP contribution in [0.25, 0.3) is 0 Å². The van der Waals surface area contributed by atoms with Crippen molar-refractivity contribution in [1.82, 2.24) is 0 Å². The summed E-state index contributed by atoms with van der Waals surface area (Å²) in [7, 11) is 0. The fourth-order valence-corrected chi connectivity index (χ4v) is 0.651. The van der Waals surface area contributed by atoms with Gasteiger partial charge >= 0.3 is 17.9 Å². The predicted molar refractivity (Wildman–Crippen MR) is 53.5 cm³/mol. The zero-order valence-electron chi connectivity index (χ0n) is 8.55. The number of esters is 2. The number of rotatable bonds is 7. The average Bonchev–Trinajstić information content (AvgIpc) is 2.25. The second-order valence-corrected chi connectivity index (χ2v) is 2.56. The lowest BCUT2D eigenvalue weighted by Gasteiger charge is -2.02. The Bertz CT molecular complexity index is 304. The van der Waals surface area contributed by atoms with E-state index in [1.54, 1.807) is 0 Å². The summed E-state index contributed by atoms with van der Waals surface area (Å²) in [6.07, 6.45) is 2.85. The van der Waals surface area contributed by atoms with Crippen LogP contribution in [0.3, 0.4) is 0 Å². The van der Waals surface area contributed by atoms with E-state index in [2.05, 4.69) is 16.1 Å². The van der Waals surface area contributed by atoms with Crippen molar-refractivity contribution in [2.45, 2.75) is 6.42 Å². The van der Waals surface area contributed by atoms with Gasteiger partial charge in [0.2, 0.25) is 0 Å².